The minimum atomic E-state index is 0.258. The van der Waals surface area contributed by atoms with Crippen molar-refractivity contribution in [3.8, 4) is 0 Å². The summed E-state index contributed by atoms with van der Waals surface area (Å²) >= 11 is 0. The van der Waals surface area contributed by atoms with Crippen molar-refractivity contribution in [3.63, 3.8) is 0 Å². The Morgan fingerprint density at radius 3 is 2.28 bits per heavy atom. The van der Waals surface area contributed by atoms with Crippen LogP contribution in [0.25, 0.3) is 0 Å². The Kier molecular flexibility index (Phi) is 6.13. The summed E-state index contributed by atoms with van der Waals surface area (Å²) in [6.45, 7) is 17.5. The summed E-state index contributed by atoms with van der Waals surface area (Å²) in [4.78, 5) is 2.71. The normalized spacial score (nSPS) is 26.2. The van der Waals surface area contributed by atoms with E-state index < -0.39 is 0 Å². The maximum atomic E-state index is 3.67. The van der Waals surface area contributed by atoms with E-state index >= 15 is 0 Å². The Hall–Kier alpha value is -0.0800. The average Bonchev–Trinajstić information content (AvgIpc) is 2.24. The van der Waals surface area contributed by atoms with E-state index in [1.807, 2.05) is 0 Å². The van der Waals surface area contributed by atoms with Crippen LogP contribution in [-0.4, -0.2) is 36.1 Å². The molecule has 0 bridgehead atoms. The van der Waals surface area contributed by atoms with E-state index in [-0.39, 0.29) is 5.54 Å². The Bertz CT molecular complexity index is 232. The fourth-order valence-corrected chi connectivity index (χ4v) is 2.74. The van der Waals surface area contributed by atoms with Crippen molar-refractivity contribution in [2.75, 3.05) is 19.6 Å². The predicted octanol–water partition coefficient (Wildman–Crippen LogP) is 3.52. The lowest BCUT2D eigenvalue weighted by Gasteiger charge is -2.46. The van der Waals surface area contributed by atoms with Crippen molar-refractivity contribution in [3.05, 3.63) is 0 Å². The lowest BCUT2D eigenvalue weighted by molar-refractivity contribution is 0.0513. The Morgan fingerprint density at radius 1 is 1.22 bits per heavy atom. The standard InChI is InChI=1S/C16H34N2/c1-7-13(3)12-18(8-2)15-10-9-14(15)11-17-16(4,5)6/h13-15,17H,7-12H2,1-6H3. The minimum Gasteiger partial charge on any atom is -0.312 e. The number of nitrogens with zero attached hydrogens (tertiary/aromatic N) is 1. The fraction of sp³-hybridized carbons (Fsp3) is 1.00. The SMILES string of the molecule is CCC(C)CN(CC)C1CCC1CNC(C)(C)C. The molecular weight excluding hydrogens is 220 g/mol. The number of hydrogen-bond donors (Lipinski definition) is 1. The van der Waals surface area contributed by atoms with Crippen LogP contribution in [0.5, 0.6) is 0 Å². The second kappa shape index (κ2) is 6.91. The van der Waals surface area contributed by atoms with Crippen LogP contribution in [0.1, 0.15) is 60.8 Å². The van der Waals surface area contributed by atoms with Gasteiger partial charge in [-0.15, -0.1) is 0 Å². The molecule has 1 rings (SSSR count). The molecule has 0 heterocycles. The zero-order chi connectivity index (χ0) is 13.8. The van der Waals surface area contributed by atoms with Crippen LogP contribution in [0, 0.1) is 11.8 Å². The van der Waals surface area contributed by atoms with Crippen LogP contribution in [0.3, 0.4) is 0 Å². The lowest BCUT2D eigenvalue weighted by atomic mass is 9.77. The predicted molar refractivity (Wildman–Crippen MR) is 81.0 cm³/mol. The molecule has 1 N–H and O–H groups in total. The van der Waals surface area contributed by atoms with E-state index in [9.17, 15) is 0 Å². The van der Waals surface area contributed by atoms with Gasteiger partial charge in [0.15, 0.2) is 0 Å². The van der Waals surface area contributed by atoms with Crippen molar-refractivity contribution in [1.29, 1.82) is 0 Å². The van der Waals surface area contributed by atoms with Crippen molar-refractivity contribution in [2.45, 2.75) is 72.4 Å². The molecule has 0 aromatic rings. The highest BCUT2D eigenvalue weighted by atomic mass is 15.2. The molecule has 1 aliphatic rings. The van der Waals surface area contributed by atoms with Crippen molar-refractivity contribution >= 4 is 0 Å². The molecule has 0 amide bonds. The molecule has 3 atom stereocenters. The molecule has 0 aromatic carbocycles. The van der Waals surface area contributed by atoms with Crippen LogP contribution >= 0.6 is 0 Å². The maximum absolute atomic E-state index is 3.67. The van der Waals surface area contributed by atoms with Gasteiger partial charge in [-0.25, -0.2) is 0 Å². The third kappa shape index (κ3) is 4.89. The summed E-state index contributed by atoms with van der Waals surface area (Å²) in [5, 5.41) is 3.67. The molecule has 3 unspecified atom stereocenters. The molecular formula is C16H34N2. The van der Waals surface area contributed by atoms with Gasteiger partial charge in [-0.2, -0.15) is 0 Å². The van der Waals surface area contributed by atoms with Crippen LogP contribution in [0.4, 0.5) is 0 Å². The summed E-state index contributed by atoms with van der Waals surface area (Å²) in [5.41, 5.74) is 0.258. The molecule has 1 saturated carbocycles. The molecule has 2 nitrogen and oxygen atoms in total. The van der Waals surface area contributed by atoms with E-state index in [0.717, 1.165) is 17.9 Å². The van der Waals surface area contributed by atoms with Gasteiger partial charge in [0.25, 0.3) is 0 Å². The molecule has 0 aliphatic heterocycles. The molecule has 0 radical (unpaired) electrons. The zero-order valence-electron chi connectivity index (χ0n) is 13.4. The quantitative estimate of drug-likeness (QED) is 0.748. The largest absolute Gasteiger partial charge is 0.312 e. The Labute approximate surface area is 115 Å². The highest BCUT2D eigenvalue weighted by Gasteiger charge is 2.35. The average molecular weight is 254 g/mol. The van der Waals surface area contributed by atoms with Gasteiger partial charge >= 0.3 is 0 Å². The first-order chi connectivity index (χ1) is 8.37. The smallest absolute Gasteiger partial charge is 0.0136 e. The van der Waals surface area contributed by atoms with Crippen molar-refractivity contribution in [1.82, 2.24) is 10.2 Å². The second-order valence-electron chi connectivity index (χ2n) is 7.14. The molecule has 0 saturated heterocycles. The van der Waals surface area contributed by atoms with Gasteiger partial charge in [0.05, 0.1) is 0 Å². The number of hydrogen-bond acceptors (Lipinski definition) is 2. The van der Waals surface area contributed by atoms with Gasteiger partial charge in [-0.1, -0.05) is 27.2 Å². The van der Waals surface area contributed by atoms with E-state index in [1.165, 1.54) is 38.9 Å². The van der Waals surface area contributed by atoms with Gasteiger partial charge in [0.2, 0.25) is 0 Å². The zero-order valence-corrected chi connectivity index (χ0v) is 13.4. The van der Waals surface area contributed by atoms with Crippen LogP contribution < -0.4 is 5.32 Å². The number of rotatable bonds is 7. The van der Waals surface area contributed by atoms with E-state index in [4.69, 9.17) is 0 Å². The summed E-state index contributed by atoms with van der Waals surface area (Å²) in [6.07, 6.45) is 4.11. The van der Waals surface area contributed by atoms with Crippen molar-refractivity contribution in [2.24, 2.45) is 11.8 Å². The Balaban J connectivity index is 2.40. The van der Waals surface area contributed by atoms with Crippen molar-refractivity contribution < 1.29 is 0 Å². The summed E-state index contributed by atoms with van der Waals surface area (Å²) in [7, 11) is 0. The molecule has 1 aliphatic carbocycles. The third-order valence-corrected chi connectivity index (χ3v) is 4.39. The van der Waals surface area contributed by atoms with E-state index in [0.29, 0.717) is 0 Å². The summed E-state index contributed by atoms with van der Waals surface area (Å²) in [5.74, 6) is 1.70. The third-order valence-electron chi connectivity index (χ3n) is 4.39. The summed E-state index contributed by atoms with van der Waals surface area (Å²) < 4.78 is 0. The van der Waals surface area contributed by atoms with Gasteiger partial charge in [0, 0.05) is 18.1 Å². The van der Waals surface area contributed by atoms with Crippen LogP contribution in [0.2, 0.25) is 0 Å². The minimum absolute atomic E-state index is 0.258. The van der Waals surface area contributed by atoms with Crippen LogP contribution in [-0.2, 0) is 0 Å². The molecule has 2 heteroatoms. The lowest BCUT2D eigenvalue weighted by Crippen LogP contribution is -2.53. The molecule has 1 fully saturated rings. The van der Waals surface area contributed by atoms with Gasteiger partial charge in [-0.3, -0.25) is 0 Å². The topological polar surface area (TPSA) is 15.3 Å². The monoisotopic (exact) mass is 254 g/mol. The first kappa shape index (κ1) is 16.0. The molecule has 0 spiro atoms. The molecule has 0 aromatic heterocycles. The van der Waals surface area contributed by atoms with Gasteiger partial charge in [0.1, 0.15) is 0 Å². The Morgan fingerprint density at radius 2 is 1.89 bits per heavy atom. The molecule has 18 heavy (non-hydrogen) atoms. The summed E-state index contributed by atoms with van der Waals surface area (Å²) in [6, 6.07) is 0.832. The first-order valence-corrected chi connectivity index (χ1v) is 7.86. The van der Waals surface area contributed by atoms with Gasteiger partial charge in [-0.05, 0) is 58.5 Å². The fourth-order valence-electron chi connectivity index (χ4n) is 2.74. The highest BCUT2D eigenvalue weighted by Crippen LogP contribution is 2.32. The maximum Gasteiger partial charge on any atom is 0.0136 e. The van der Waals surface area contributed by atoms with E-state index in [2.05, 4.69) is 51.8 Å². The van der Waals surface area contributed by atoms with Crippen LogP contribution in [0.15, 0.2) is 0 Å². The molecule has 108 valence electrons. The van der Waals surface area contributed by atoms with Gasteiger partial charge < -0.3 is 10.2 Å². The number of nitrogens with one attached hydrogen (secondary N) is 1. The van der Waals surface area contributed by atoms with E-state index in [1.54, 1.807) is 0 Å². The second-order valence-corrected chi connectivity index (χ2v) is 7.14. The highest BCUT2D eigenvalue weighted by molar-refractivity contribution is 4.91. The first-order valence-electron chi connectivity index (χ1n) is 7.86.